The van der Waals surface area contributed by atoms with Crippen LogP contribution in [0, 0.1) is 0 Å². The van der Waals surface area contributed by atoms with Gasteiger partial charge in [-0.25, -0.2) is 8.42 Å². The van der Waals surface area contributed by atoms with Crippen LogP contribution < -0.4 is 19.1 Å². The van der Waals surface area contributed by atoms with Crippen LogP contribution in [0.4, 0.5) is 5.69 Å². The van der Waals surface area contributed by atoms with Crippen LogP contribution in [0.5, 0.6) is 11.5 Å². The summed E-state index contributed by atoms with van der Waals surface area (Å²) in [6, 6.07) is 22.7. The van der Waals surface area contributed by atoms with Crippen LogP contribution in [-0.4, -0.2) is 40.6 Å². The first kappa shape index (κ1) is 26.1. The highest BCUT2D eigenvalue weighted by molar-refractivity contribution is 7.92. The van der Waals surface area contributed by atoms with Gasteiger partial charge in [0, 0.05) is 0 Å². The Morgan fingerprint density at radius 1 is 0.886 bits per heavy atom. The van der Waals surface area contributed by atoms with E-state index in [1.165, 1.54) is 17.7 Å². The van der Waals surface area contributed by atoms with Crippen molar-refractivity contribution >= 4 is 21.6 Å². The van der Waals surface area contributed by atoms with Crippen molar-refractivity contribution in [1.82, 2.24) is 5.32 Å². The molecule has 0 bridgehead atoms. The third-order valence-electron chi connectivity index (χ3n) is 5.21. The summed E-state index contributed by atoms with van der Waals surface area (Å²) < 4.78 is 39.4. The Morgan fingerprint density at radius 3 is 2.26 bits per heavy atom. The van der Waals surface area contributed by atoms with Crippen LogP contribution in [0.15, 0.2) is 83.8 Å². The predicted molar refractivity (Wildman–Crippen MR) is 138 cm³/mol. The molecule has 3 aromatic carbocycles. The van der Waals surface area contributed by atoms with Crippen molar-refractivity contribution in [2.24, 2.45) is 0 Å². The van der Waals surface area contributed by atoms with Gasteiger partial charge in [-0.05, 0) is 55.3 Å². The molecule has 0 saturated carbocycles. The predicted octanol–water partition coefficient (Wildman–Crippen LogP) is 4.43. The lowest BCUT2D eigenvalue weighted by Gasteiger charge is -2.26. The minimum Gasteiger partial charge on any atom is -0.492 e. The first-order valence-corrected chi connectivity index (χ1v) is 13.2. The van der Waals surface area contributed by atoms with Crippen LogP contribution in [0.25, 0.3) is 0 Å². The van der Waals surface area contributed by atoms with Crippen molar-refractivity contribution in [1.29, 1.82) is 0 Å². The molecule has 0 aliphatic heterocycles. The summed E-state index contributed by atoms with van der Waals surface area (Å²) in [5.41, 5.74) is 1.55. The molecule has 3 aromatic rings. The van der Waals surface area contributed by atoms with Gasteiger partial charge in [0.05, 0.1) is 23.7 Å². The number of hydrogen-bond acceptors (Lipinski definition) is 5. The van der Waals surface area contributed by atoms with E-state index in [-0.39, 0.29) is 18.0 Å². The summed E-state index contributed by atoms with van der Waals surface area (Å²) in [6.45, 7) is 4.42. The van der Waals surface area contributed by atoms with Gasteiger partial charge in [-0.2, -0.15) is 0 Å². The number of anilines is 1. The molecular weight excluding hydrogens is 464 g/mol. The number of ether oxygens (including phenoxy) is 2. The lowest BCUT2D eigenvalue weighted by molar-refractivity contribution is -0.119. The van der Waals surface area contributed by atoms with Gasteiger partial charge in [-0.15, -0.1) is 0 Å². The zero-order valence-electron chi connectivity index (χ0n) is 20.1. The average Bonchev–Trinajstić information content (AvgIpc) is 2.87. The molecule has 3 rings (SSSR count). The quantitative estimate of drug-likeness (QED) is 0.354. The maximum Gasteiger partial charge on any atom is 0.264 e. The molecular formula is C27H32N2O5S. The molecule has 7 nitrogen and oxygen atoms in total. The van der Waals surface area contributed by atoms with Gasteiger partial charge in [-0.1, -0.05) is 55.8 Å². The number of nitrogens with zero attached hydrogens (tertiary/aromatic N) is 1. The van der Waals surface area contributed by atoms with Gasteiger partial charge in [0.25, 0.3) is 10.0 Å². The van der Waals surface area contributed by atoms with Gasteiger partial charge in [0.1, 0.15) is 24.7 Å². The van der Waals surface area contributed by atoms with Gasteiger partial charge in [0.2, 0.25) is 5.91 Å². The number of hydrogen-bond donors (Lipinski definition) is 1. The molecule has 0 fully saturated rings. The van der Waals surface area contributed by atoms with E-state index in [0.29, 0.717) is 18.0 Å². The van der Waals surface area contributed by atoms with Crippen molar-refractivity contribution in [3.05, 3.63) is 84.4 Å². The van der Waals surface area contributed by atoms with E-state index >= 15 is 0 Å². The highest BCUT2D eigenvalue weighted by Gasteiger charge is 2.29. The first-order chi connectivity index (χ1) is 17.0. The minimum absolute atomic E-state index is 0.0916. The number of nitrogens with one attached hydrogen (secondary N) is 1. The molecule has 0 spiro atoms. The highest BCUT2D eigenvalue weighted by Crippen LogP contribution is 2.32. The van der Waals surface area contributed by atoms with Crippen molar-refractivity contribution < 1.29 is 22.7 Å². The maximum atomic E-state index is 13.5. The fourth-order valence-electron chi connectivity index (χ4n) is 3.55. The third-order valence-corrected chi connectivity index (χ3v) is 6.98. The van der Waals surface area contributed by atoms with Crippen LogP contribution in [0.3, 0.4) is 0 Å². The van der Waals surface area contributed by atoms with E-state index in [0.717, 1.165) is 22.9 Å². The number of carbonyl (C=O) groups is 1. The second-order valence-electron chi connectivity index (χ2n) is 7.82. The highest BCUT2D eigenvalue weighted by atomic mass is 32.2. The summed E-state index contributed by atoms with van der Waals surface area (Å²) in [5.74, 6) is 0.660. The molecule has 0 saturated heterocycles. The molecule has 35 heavy (non-hydrogen) atoms. The van der Waals surface area contributed by atoms with E-state index in [9.17, 15) is 13.2 Å². The molecule has 0 atom stereocenters. The summed E-state index contributed by atoms with van der Waals surface area (Å²) in [5, 5.41) is 2.75. The molecule has 186 valence electrons. The van der Waals surface area contributed by atoms with E-state index < -0.39 is 22.5 Å². The number of carbonyl (C=O) groups excluding carboxylic acids is 1. The molecule has 8 heteroatoms. The Labute approximate surface area is 207 Å². The molecule has 1 N–H and O–H groups in total. The zero-order chi connectivity index (χ0) is 25.1. The van der Waals surface area contributed by atoms with Crippen LogP contribution in [0.2, 0.25) is 0 Å². The van der Waals surface area contributed by atoms with Gasteiger partial charge in [0.15, 0.2) is 0 Å². The molecule has 1 amide bonds. The number of sulfonamides is 1. The second kappa shape index (κ2) is 12.8. The smallest absolute Gasteiger partial charge is 0.264 e. The van der Waals surface area contributed by atoms with Crippen LogP contribution >= 0.6 is 0 Å². The van der Waals surface area contributed by atoms with Crippen LogP contribution in [-0.2, 0) is 21.2 Å². The number of para-hydroxylation sites is 2. The fraction of sp³-hybridized carbons (Fsp3) is 0.296. The molecule has 0 aliphatic carbocycles. The lowest BCUT2D eigenvalue weighted by atomic mass is 10.1. The summed E-state index contributed by atoms with van der Waals surface area (Å²) in [4.78, 5) is 12.9. The monoisotopic (exact) mass is 496 g/mol. The fourth-order valence-corrected chi connectivity index (χ4v) is 5.00. The van der Waals surface area contributed by atoms with E-state index in [2.05, 4.69) is 12.2 Å². The lowest BCUT2D eigenvalue weighted by Crippen LogP contribution is -2.42. The summed E-state index contributed by atoms with van der Waals surface area (Å²) >= 11 is 0. The summed E-state index contributed by atoms with van der Waals surface area (Å²) in [7, 11) is -4.01. The number of benzene rings is 3. The topological polar surface area (TPSA) is 84.9 Å². The number of amides is 1. The van der Waals surface area contributed by atoms with Crippen molar-refractivity contribution in [3.63, 3.8) is 0 Å². The Kier molecular flexibility index (Phi) is 9.55. The largest absolute Gasteiger partial charge is 0.492 e. The Morgan fingerprint density at radius 2 is 1.57 bits per heavy atom. The van der Waals surface area contributed by atoms with Crippen LogP contribution in [0.1, 0.15) is 25.8 Å². The second-order valence-corrected chi connectivity index (χ2v) is 9.68. The van der Waals surface area contributed by atoms with E-state index in [1.807, 2.05) is 31.2 Å². The van der Waals surface area contributed by atoms with Crippen molar-refractivity contribution in [3.8, 4) is 11.5 Å². The number of rotatable bonds is 13. The standard InChI is InChI=1S/C27H32N2O5S/c1-3-10-22-15-17-23(18-16-22)34-20-19-28-27(30)21-29(25-13-8-9-14-26(25)33-4-2)35(31,32)24-11-6-5-7-12-24/h5-9,11-18H,3-4,10,19-21H2,1-2H3,(H,28,30). The zero-order valence-corrected chi connectivity index (χ0v) is 21.0. The SMILES string of the molecule is CCCc1ccc(OCCNC(=O)CN(c2ccccc2OCC)S(=O)(=O)c2ccccc2)cc1. The summed E-state index contributed by atoms with van der Waals surface area (Å²) in [6.07, 6.45) is 2.10. The van der Waals surface area contributed by atoms with Gasteiger partial charge < -0.3 is 14.8 Å². The Hall–Kier alpha value is -3.52. The molecule has 0 unspecified atom stereocenters. The molecule has 0 aliphatic rings. The van der Waals surface area contributed by atoms with E-state index in [4.69, 9.17) is 9.47 Å². The average molecular weight is 497 g/mol. The Balaban J connectivity index is 1.69. The van der Waals surface area contributed by atoms with Gasteiger partial charge in [-0.3, -0.25) is 9.10 Å². The van der Waals surface area contributed by atoms with Crippen molar-refractivity contribution in [2.75, 3.05) is 30.6 Å². The Bertz CT molecular complexity index is 1180. The maximum absolute atomic E-state index is 13.5. The van der Waals surface area contributed by atoms with E-state index in [1.54, 1.807) is 42.5 Å². The minimum atomic E-state index is -4.01. The number of aryl methyl sites for hydroxylation is 1. The van der Waals surface area contributed by atoms with Gasteiger partial charge >= 0.3 is 0 Å². The first-order valence-electron chi connectivity index (χ1n) is 11.7. The normalized spacial score (nSPS) is 11.0. The van der Waals surface area contributed by atoms with Crippen molar-refractivity contribution in [2.45, 2.75) is 31.6 Å². The molecule has 0 aromatic heterocycles. The molecule has 0 heterocycles. The third kappa shape index (κ3) is 7.23. The molecule has 0 radical (unpaired) electrons.